The van der Waals surface area contributed by atoms with Crippen LogP contribution >= 0.6 is 11.6 Å². The molecule has 0 amide bonds. The Morgan fingerprint density at radius 1 is 1.54 bits per heavy atom. The molecule has 1 aromatic heterocycles. The second-order valence-corrected chi connectivity index (χ2v) is 8.16. The molecule has 0 unspecified atom stereocenters. The van der Waals surface area contributed by atoms with Gasteiger partial charge in [-0.2, -0.15) is 0 Å². The molecule has 1 aromatic rings. The van der Waals surface area contributed by atoms with Gasteiger partial charge >= 0.3 is 5.97 Å². The molecular formula is C18H25ClN2O3. The number of esters is 1. The first-order valence-corrected chi connectivity index (χ1v) is 8.88. The zero-order valence-electron chi connectivity index (χ0n) is 14.5. The predicted molar refractivity (Wildman–Crippen MR) is 91.7 cm³/mol. The highest BCUT2D eigenvalue weighted by Crippen LogP contribution is 2.53. The van der Waals surface area contributed by atoms with Crippen LogP contribution in [-0.4, -0.2) is 45.3 Å². The molecule has 1 N–H and O–H groups in total. The Labute approximate surface area is 148 Å². The van der Waals surface area contributed by atoms with Gasteiger partial charge in [-0.3, -0.25) is 9.69 Å². The number of aliphatic hydroxyl groups excluding tert-OH is 1. The fourth-order valence-corrected chi connectivity index (χ4v) is 4.44. The number of nitrogens with zero attached hydrogens (tertiary/aromatic N) is 2. The van der Waals surface area contributed by atoms with E-state index in [4.69, 9.17) is 16.3 Å². The van der Waals surface area contributed by atoms with Gasteiger partial charge in [-0.25, -0.2) is 4.98 Å². The molecule has 0 saturated carbocycles. The molecular weight excluding hydrogens is 328 g/mol. The highest BCUT2D eigenvalue weighted by Gasteiger charge is 2.60. The van der Waals surface area contributed by atoms with E-state index in [0.29, 0.717) is 11.6 Å². The standard InChI is InChI=1S/C18H25ClN2O3/c1-17(2,3)24-16(23)18-7-5-9-21(18)14(12(10-18)11-22)13-6-4-8-20-15(13)19/h4,6,8,12,14,22H,5,7,9-11H2,1-3H3/t12-,14-,18-/m1/s1. The number of carbonyl (C=O) groups excluding carboxylic acids is 1. The van der Waals surface area contributed by atoms with Crippen molar-refractivity contribution < 1.29 is 14.6 Å². The summed E-state index contributed by atoms with van der Waals surface area (Å²) in [5.41, 5.74) is -0.311. The maximum Gasteiger partial charge on any atom is 0.327 e. The van der Waals surface area contributed by atoms with Crippen molar-refractivity contribution in [3.05, 3.63) is 29.0 Å². The molecule has 132 valence electrons. The number of hydrogen-bond acceptors (Lipinski definition) is 5. The lowest BCUT2D eigenvalue weighted by molar-refractivity contribution is -0.167. The van der Waals surface area contributed by atoms with Gasteiger partial charge in [0.15, 0.2) is 0 Å². The summed E-state index contributed by atoms with van der Waals surface area (Å²) in [6.45, 7) is 6.46. The van der Waals surface area contributed by atoms with Crippen molar-refractivity contribution in [1.29, 1.82) is 0 Å². The predicted octanol–water partition coefficient (Wildman–Crippen LogP) is 2.96. The van der Waals surface area contributed by atoms with Crippen LogP contribution in [0.3, 0.4) is 0 Å². The molecule has 2 aliphatic heterocycles. The summed E-state index contributed by atoms with van der Waals surface area (Å²) in [4.78, 5) is 19.4. The van der Waals surface area contributed by atoms with E-state index in [-0.39, 0.29) is 24.5 Å². The van der Waals surface area contributed by atoms with Crippen LogP contribution < -0.4 is 0 Å². The van der Waals surface area contributed by atoms with Gasteiger partial charge in [0.25, 0.3) is 0 Å². The number of fused-ring (bicyclic) bond motifs is 1. The van der Waals surface area contributed by atoms with E-state index in [1.165, 1.54) is 0 Å². The van der Waals surface area contributed by atoms with E-state index in [0.717, 1.165) is 24.9 Å². The minimum Gasteiger partial charge on any atom is -0.459 e. The van der Waals surface area contributed by atoms with Crippen molar-refractivity contribution in [2.75, 3.05) is 13.2 Å². The number of rotatable bonds is 3. The van der Waals surface area contributed by atoms with Gasteiger partial charge in [0, 0.05) is 30.3 Å². The van der Waals surface area contributed by atoms with Crippen LogP contribution in [-0.2, 0) is 9.53 Å². The SMILES string of the molecule is CC(C)(C)OC(=O)[C@]12CCCN1[C@@H](c1cccnc1Cl)[C@@H](CO)C2. The van der Waals surface area contributed by atoms with Gasteiger partial charge in [-0.1, -0.05) is 17.7 Å². The fraction of sp³-hybridized carbons (Fsp3) is 0.667. The van der Waals surface area contributed by atoms with Crippen LogP contribution in [0.5, 0.6) is 0 Å². The number of pyridine rings is 1. The quantitative estimate of drug-likeness (QED) is 0.669. The highest BCUT2D eigenvalue weighted by atomic mass is 35.5. The van der Waals surface area contributed by atoms with Gasteiger partial charge in [0.1, 0.15) is 16.3 Å². The highest BCUT2D eigenvalue weighted by molar-refractivity contribution is 6.30. The number of aromatic nitrogens is 1. The van der Waals surface area contributed by atoms with E-state index in [1.54, 1.807) is 6.20 Å². The van der Waals surface area contributed by atoms with Crippen LogP contribution in [0.15, 0.2) is 18.3 Å². The Bertz CT molecular complexity index is 631. The summed E-state index contributed by atoms with van der Waals surface area (Å²) < 4.78 is 5.72. The largest absolute Gasteiger partial charge is 0.459 e. The average molecular weight is 353 g/mol. The summed E-state index contributed by atoms with van der Waals surface area (Å²) in [5.74, 6) is -0.243. The fourth-order valence-electron chi connectivity index (χ4n) is 4.21. The molecule has 2 fully saturated rings. The molecule has 2 aliphatic rings. The van der Waals surface area contributed by atoms with Crippen molar-refractivity contribution in [1.82, 2.24) is 9.88 Å². The normalized spacial score (nSPS) is 30.4. The zero-order valence-corrected chi connectivity index (χ0v) is 15.2. The lowest BCUT2D eigenvalue weighted by atomic mass is 9.87. The molecule has 0 bridgehead atoms. The molecule has 5 nitrogen and oxygen atoms in total. The number of ether oxygens (including phenoxy) is 1. The van der Waals surface area contributed by atoms with E-state index in [1.807, 2.05) is 32.9 Å². The van der Waals surface area contributed by atoms with E-state index < -0.39 is 11.1 Å². The lowest BCUT2D eigenvalue weighted by Gasteiger charge is -2.35. The zero-order chi connectivity index (χ0) is 17.5. The molecule has 24 heavy (non-hydrogen) atoms. The topological polar surface area (TPSA) is 62.7 Å². The van der Waals surface area contributed by atoms with Crippen LogP contribution in [0, 0.1) is 5.92 Å². The first-order valence-electron chi connectivity index (χ1n) is 8.50. The Balaban J connectivity index is 1.98. The Morgan fingerprint density at radius 3 is 2.92 bits per heavy atom. The summed E-state index contributed by atoms with van der Waals surface area (Å²) in [6, 6.07) is 3.68. The van der Waals surface area contributed by atoms with Crippen molar-refractivity contribution in [2.24, 2.45) is 5.92 Å². The average Bonchev–Trinajstić information content (AvgIpc) is 3.03. The summed E-state index contributed by atoms with van der Waals surface area (Å²) in [5, 5.41) is 10.4. The van der Waals surface area contributed by atoms with Gasteiger partial charge < -0.3 is 9.84 Å². The lowest BCUT2D eigenvalue weighted by Crippen LogP contribution is -2.49. The molecule has 3 atom stereocenters. The smallest absolute Gasteiger partial charge is 0.327 e. The molecule has 0 aromatic carbocycles. The Morgan fingerprint density at radius 2 is 2.29 bits per heavy atom. The molecule has 0 spiro atoms. The molecule has 0 aliphatic carbocycles. The third kappa shape index (κ3) is 2.93. The van der Waals surface area contributed by atoms with Gasteiger partial charge in [0.2, 0.25) is 0 Å². The third-order valence-corrected chi connectivity index (χ3v) is 5.36. The van der Waals surface area contributed by atoms with Crippen LogP contribution in [0.25, 0.3) is 0 Å². The molecule has 3 rings (SSSR count). The third-order valence-electron chi connectivity index (χ3n) is 5.04. The Hall–Kier alpha value is -1.17. The van der Waals surface area contributed by atoms with E-state index >= 15 is 0 Å². The second kappa shape index (κ2) is 6.28. The van der Waals surface area contributed by atoms with Crippen LogP contribution in [0.1, 0.15) is 51.6 Å². The number of carbonyl (C=O) groups is 1. The van der Waals surface area contributed by atoms with Crippen LogP contribution in [0.2, 0.25) is 5.15 Å². The number of aliphatic hydroxyl groups is 1. The second-order valence-electron chi connectivity index (χ2n) is 7.81. The summed E-state index contributed by atoms with van der Waals surface area (Å²) in [7, 11) is 0. The molecule has 2 saturated heterocycles. The first kappa shape index (κ1) is 17.6. The monoisotopic (exact) mass is 352 g/mol. The Kier molecular flexibility index (Phi) is 4.62. The van der Waals surface area contributed by atoms with E-state index in [9.17, 15) is 9.90 Å². The number of halogens is 1. The summed E-state index contributed by atoms with van der Waals surface area (Å²) in [6.07, 6.45) is 3.94. The van der Waals surface area contributed by atoms with Crippen molar-refractivity contribution >= 4 is 17.6 Å². The first-order chi connectivity index (χ1) is 11.3. The van der Waals surface area contributed by atoms with E-state index in [2.05, 4.69) is 9.88 Å². The van der Waals surface area contributed by atoms with Crippen molar-refractivity contribution in [3.8, 4) is 0 Å². The summed E-state index contributed by atoms with van der Waals surface area (Å²) >= 11 is 6.31. The van der Waals surface area contributed by atoms with Gasteiger partial charge in [-0.15, -0.1) is 0 Å². The van der Waals surface area contributed by atoms with Crippen molar-refractivity contribution in [2.45, 2.75) is 57.2 Å². The molecule has 6 heteroatoms. The minimum absolute atomic E-state index is 0.0109. The van der Waals surface area contributed by atoms with Gasteiger partial charge in [0.05, 0.1) is 0 Å². The molecule has 0 radical (unpaired) electrons. The van der Waals surface area contributed by atoms with Crippen molar-refractivity contribution in [3.63, 3.8) is 0 Å². The van der Waals surface area contributed by atoms with Crippen LogP contribution in [0.4, 0.5) is 0 Å². The molecule has 3 heterocycles. The maximum atomic E-state index is 13.0. The van der Waals surface area contributed by atoms with Gasteiger partial charge in [-0.05, 0) is 52.6 Å². The minimum atomic E-state index is -0.662. The number of hydrogen-bond donors (Lipinski definition) is 1. The maximum absolute atomic E-state index is 13.0.